The fraction of sp³-hybridized carbons (Fsp3) is 0.429. The lowest BCUT2D eigenvalue weighted by molar-refractivity contribution is 0.0188. The first-order valence-electron chi connectivity index (χ1n) is 9.94. The lowest BCUT2D eigenvalue weighted by Crippen LogP contribution is -2.60. The highest BCUT2D eigenvalue weighted by Gasteiger charge is 2.63. The van der Waals surface area contributed by atoms with Crippen LogP contribution in [0.3, 0.4) is 0 Å². The fourth-order valence-corrected chi connectivity index (χ4v) is 5.82. The van der Waals surface area contributed by atoms with Crippen LogP contribution >= 0.6 is 0 Å². The fourth-order valence-electron chi connectivity index (χ4n) is 5.82. The van der Waals surface area contributed by atoms with Gasteiger partial charge in [0.05, 0.1) is 17.8 Å². The maximum atomic E-state index is 13.3. The molecule has 5 heteroatoms. The van der Waals surface area contributed by atoms with Crippen LogP contribution in [0, 0.1) is 11.3 Å². The Morgan fingerprint density at radius 3 is 2.58 bits per heavy atom. The molecule has 0 fully saturated rings. The molecular formula is C21H21N3O2. The summed E-state index contributed by atoms with van der Waals surface area (Å²) in [6, 6.07) is 8.38. The molecular weight excluding hydrogens is 326 g/mol. The summed E-state index contributed by atoms with van der Waals surface area (Å²) in [5, 5.41) is 0. The zero-order valence-corrected chi connectivity index (χ0v) is 14.7. The molecule has 4 atom stereocenters. The number of benzene rings is 1. The molecule has 2 aliphatic heterocycles. The highest BCUT2D eigenvalue weighted by atomic mass is 16.2. The summed E-state index contributed by atoms with van der Waals surface area (Å²) >= 11 is 0. The van der Waals surface area contributed by atoms with Crippen molar-refractivity contribution < 1.29 is 1.37 Å². The average Bonchev–Trinajstić information content (AvgIpc) is 2.97. The minimum absolute atomic E-state index is 0.276. The summed E-state index contributed by atoms with van der Waals surface area (Å²) in [6.07, 6.45) is 8.26. The minimum Gasteiger partial charge on any atom is -0.245 e. The van der Waals surface area contributed by atoms with E-state index in [1.165, 1.54) is 15.7 Å². The molecule has 5 nitrogen and oxygen atoms in total. The maximum absolute atomic E-state index is 13.3. The smallest absolute Gasteiger partial charge is 0.245 e. The van der Waals surface area contributed by atoms with E-state index in [9.17, 15) is 11.0 Å². The van der Waals surface area contributed by atoms with E-state index < -0.39 is 17.4 Å². The molecule has 2 bridgehead atoms. The Balaban J connectivity index is 1.65. The van der Waals surface area contributed by atoms with Crippen LogP contribution < -0.4 is 11.4 Å². The third kappa shape index (κ3) is 1.42. The van der Waals surface area contributed by atoms with E-state index in [1.807, 2.05) is 30.4 Å². The Kier molecular flexibility index (Phi) is 2.40. The lowest BCUT2D eigenvalue weighted by atomic mass is 9.46. The molecule has 3 heterocycles. The van der Waals surface area contributed by atoms with Crippen LogP contribution in [0.1, 0.15) is 46.1 Å². The van der Waals surface area contributed by atoms with E-state index in [0.717, 1.165) is 25.7 Å². The van der Waals surface area contributed by atoms with E-state index in [0.29, 0.717) is 5.69 Å². The zero-order chi connectivity index (χ0) is 18.6. The molecule has 0 amide bonds. The number of rotatable bonds is 1. The number of para-hydroxylation sites is 1. The predicted octanol–water partition coefficient (Wildman–Crippen LogP) is 2.97. The van der Waals surface area contributed by atoms with Crippen molar-refractivity contribution in [2.45, 2.75) is 44.7 Å². The molecule has 5 aliphatic rings. The van der Waals surface area contributed by atoms with Crippen LogP contribution in [-0.4, -0.2) is 13.9 Å². The molecule has 1 aromatic heterocycles. The first kappa shape index (κ1) is 13.6. The van der Waals surface area contributed by atoms with Crippen molar-refractivity contribution in [1.82, 2.24) is 13.9 Å². The van der Waals surface area contributed by atoms with Crippen molar-refractivity contribution in [3.8, 4) is 5.69 Å². The van der Waals surface area contributed by atoms with Gasteiger partial charge in [-0.15, -0.1) is 0 Å². The van der Waals surface area contributed by atoms with Crippen LogP contribution in [0.5, 0.6) is 0 Å². The second-order valence-corrected chi connectivity index (χ2v) is 7.98. The van der Waals surface area contributed by atoms with Crippen molar-refractivity contribution in [3.63, 3.8) is 0 Å². The first-order chi connectivity index (χ1) is 13.0. The van der Waals surface area contributed by atoms with Crippen LogP contribution in [0.2, 0.25) is 0 Å². The number of allylic oxidation sites excluding steroid dienone is 4. The van der Waals surface area contributed by atoms with Crippen molar-refractivity contribution >= 4 is 0 Å². The van der Waals surface area contributed by atoms with Gasteiger partial charge in [0.2, 0.25) is 0 Å². The van der Waals surface area contributed by atoms with Gasteiger partial charge in [-0.1, -0.05) is 48.4 Å². The Labute approximate surface area is 152 Å². The van der Waals surface area contributed by atoms with Crippen LogP contribution in [-0.2, 0) is 0 Å². The SMILES string of the molecule is [2H]C12C3=C(CCCC3)C1(C)C1C=CC2n2c(=O)n(-c3ccccc3)c(=O)n21. The van der Waals surface area contributed by atoms with Gasteiger partial charge in [-0.05, 0) is 37.8 Å². The molecule has 26 heavy (non-hydrogen) atoms. The molecule has 0 saturated carbocycles. The van der Waals surface area contributed by atoms with Crippen molar-refractivity contribution in [3.05, 3.63) is 74.6 Å². The van der Waals surface area contributed by atoms with Gasteiger partial charge in [-0.25, -0.2) is 23.5 Å². The van der Waals surface area contributed by atoms with Crippen molar-refractivity contribution in [2.75, 3.05) is 0 Å². The molecule has 2 aromatic rings. The third-order valence-electron chi connectivity index (χ3n) is 6.89. The van der Waals surface area contributed by atoms with Gasteiger partial charge in [-0.2, -0.15) is 0 Å². The highest BCUT2D eigenvalue weighted by Crippen LogP contribution is 2.68. The zero-order valence-electron chi connectivity index (χ0n) is 15.7. The average molecular weight is 348 g/mol. The van der Waals surface area contributed by atoms with Crippen molar-refractivity contribution in [2.24, 2.45) is 11.3 Å². The maximum Gasteiger partial charge on any atom is 0.352 e. The van der Waals surface area contributed by atoms with Crippen molar-refractivity contribution in [1.29, 1.82) is 0 Å². The summed E-state index contributed by atoms with van der Waals surface area (Å²) in [6.45, 7) is 2.13. The normalized spacial score (nSPS) is 36.9. The number of hydrogen-bond acceptors (Lipinski definition) is 2. The summed E-state index contributed by atoms with van der Waals surface area (Å²) in [5.74, 6) is -0.818. The number of aromatic nitrogens is 3. The Bertz CT molecular complexity index is 1100. The molecule has 4 unspecified atom stereocenters. The quantitative estimate of drug-likeness (QED) is 0.744. The van der Waals surface area contributed by atoms with Gasteiger partial charge in [0.15, 0.2) is 0 Å². The van der Waals surface area contributed by atoms with E-state index in [1.54, 1.807) is 21.5 Å². The van der Waals surface area contributed by atoms with Gasteiger partial charge in [-0.3, -0.25) is 0 Å². The molecule has 0 N–H and O–H groups in total. The monoisotopic (exact) mass is 348 g/mol. The summed E-state index contributed by atoms with van der Waals surface area (Å²) < 4.78 is 13.9. The van der Waals surface area contributed by atoms with Crippen LogP contribution in [0.15, 0.2) is 63.2 Å². The topological polar surface area (TPSA) is 48.9 Å². The van der Waals surface area contributed by atoms with E-state index >= 15 is 0 Å². The van der Waals surface area contributed by atoms with Gasteiger partial charge in [0, 0.05) is 12.7 Å². The van der Waals surface area contributed by atoms with E-state index in [4.69, 9.17) is 0 Å². The van der Waals surface area contributed by atoms with E-state index in [2.05, 4.69) is 6.92 Å². The highest BCUT2D eigenvalue weighted by molar-refractivity contribution is 5.47. The molecule has 0 saturated heterocycles. The second kappa shape index (κ2) is 4.58. The Hall–Kier alpha value is -2.56. The Morgan fingerprint density at radius 1 is 1.04 bits per heavy atom. The van der Waals surface area contributed by atoms with Crippen LogP contribution in [0.25, 0.3) is 5.69 Å². The third-order valence-corrected chi connectivity index (χ3v) is 6.89. The molecule has 7 rings (SSSR count). The minimum atomic E-state index is -0.818. The summed E-state index contributed by atoms with van der Waals surface area (Å²) in [5.41, 5.74) is 2.11. The largest absolute Gasteiger partial charge is 0.352 e. The lowest BCUT2D eigenvalue weighted by Gasteiger charge is -2.63. The molecule has 3 aliphatic carbocycles. The summed E-state index contributed by atoms with van der Waals surface area (Å²) in [4.78, 5) is 26.6. The van der Waals surface area contributed by atoms with Crippen LogP contribution in [0.4, 0.5) is 0 Å². The predicted molar refractivity (Wildman–Crippen MR) is 98.6 cm³/mol. The molecule has 0 radical (unpaired) electrons. The van der Waals surface area contributed by atoms with Gasteiger partial charge in [0.1, 0.15) is 0 Å². The molecule has 1 aromatic carbocycles. The first-order valence-corrected chi connectivity index (χ1v) is 9.44. The standard InChI is InChI=1S/C21H21N3O2/c1-21-15-10-6-5-9-14(15)18(21)16-11-12-17(21)24-20(26)22(19(25)23(16)24)13-7-3-2-4-8-13/h2-4,7-8,11-12,16-18H,5-6,9-10H2,1H3/i18D. The van der Waals surface area contributed by atoms with Gasteiger partial charge in [0.25, 0.3) is 0 Å². The molecule has 0 spiro atoms. The van der Waals surface area contributed by atoms with E-state index in [-0.39, 0.29) is 17.4 Å². The molecule has 132 valence electrons. The Morgan fingerprint density at radius 2 is 1.77 bits per heavy atom. The number of hydrogen-bond donors (Lipinski definition) is 0. The second-order valence-electron chi connectivity index (χ2n) is 7.98. The number of nitrogens with zero attached hydrogens (tertiary/aromatic N) is 3. The summed E-state index contributed by atoms with van der Waals surface area (Å²) in [7, 11) is 0. The van der Waals surface area contributed by atoms with Gasteiger partial charge < -0.3 is 0 Å². The van der Waals surface area contributed by atoms with Gasteiger partial charge >= 0.3 is 11.4 Å².